The number of allylic oxidation sites excluding steroid dienone is 21. The fourth-order valence-corrected chi connectivity index (χ4v) is 3.94. The summed E-state index contributed by atoms with van der Waals surface area (Å²) >= 11 is 0. The van der Waals surface area contributed by atoms with Gasteiger partial charge in [-0.15, -0.1) is 0 Å². The smallest absolute Gasteiger partial charge is 0.306 e. The molecule has 0 aliphatic rings. The lowest BCUT2D eigenvalue weighted by Crippen LogP contribution is -2.27. The van der Waals surface area contributed by atoms with E-state index in [0.29, 0.717) is 19.4 Å². The molecule has 0 spiro atoms. The van der Waals surface area contributed by atoms with E-state index >= 15 is 0 Å². The van der Waals surface area contributed by atoms with E-state index < -0.39 is 6.10 Å². The third-order valence-electron chi connectivity index (χ3n) is 6.50. The van der Waals surface area contributed by atoms with E-state index in [4.69, 9.17) is 9.47 Å². The molecule has 0 heterocycles. The topological polar surface area (TPSA) is 55.8 Å². The molecule has 4 heteroatoms. The largest absolute Gasteiger partial charge is 0.457 e. The van der Waals surface area contributed by atoms with Gasteiger partial charge in [-0.3, -0.25) is 4.79 Å². The highest BCUT2D eigenvalue weighted by atomic mass is 16.6. The molecule has 0 aliphatic carbocycles. The van der Waals surface area contributed by atoms with Crippen LogP contribution in [-0.2, 0) is 14.3 Å². The summed E-state index contributed by atoms with van der Waals surface area (Å²) in [6.45, 7) is 4.78. The molecule has 0 saturated heterocycles. The number of esters is 1. The first-order valence-electron chi connectivity index (χ1n) is 17.8. The number of ether oxygens (including phenoxy) is 2. The van der Waals surface area contributed by atoms with Crippen molar-refractivity contribution in [3.63, 3.8) is 0 Å². The lowest BCUT2D eigenvalue weighted by Gasteiger charge is -2.15. The van der Waals surface area contributed by atoms with Gasteiger partial charge in [-0.1, -0.05) is 148 Å². The van der Waals surface area contributed by atoms with Gasteiger partial charge in [0.15, 0.2) is 0 Å². The second-order valence-electron chi connectivity index (χ2n) is 10.8. The summed E-state index contributed by atoms with van der Waals surface area (Å²) in [5, 5.41) is 9.53. The number of carbonyl (C=O) groups is 1. The lowest BCUT2D eigenvalue weighted by atomic mass is 10.2. The van der Waals surface area contributed by atoms with Crippen molar-refractivity contribution in [3.05, 3.63) is 134 Å². The molecule has 260 valence electrons. The van der Waals surface area contributed by atoms with E-state index in [2.05, 4.69) is 141 Å². The third-order valence-corrected chi connectivity index (χ3v) is 6.50. The predicted octanol–water partition coefficient (Wildman–Crippen LogP) is 11.5. The molecular weight excluding hydrogens is 580 g/mol. The molecule has 1 unspecified atom stereocenters. The van der Waals surface area contributed by atoms with Crippen molar-refractivity contribution in [1.29, 1.82) is 0 Å². The van der Waals surface area contributed by atoms with Gasteiger partial charge < -0.3 is 14.6 Å². The summed E-state index contributed by atoms with van der Waals surface area (Å²) in [5.41, 5.74) is 0. The van der Waals surface area contributed by atoms with Crippen LogP contribution in [0.4, 0.5) is 0 Å². The van der Waals surface area contributed by atoms with Crippen LogP contribution in [0.3, 0.4) is 0 Å². The minimum atomic E-state index is -0.624. The van der Waals surface area contributed by atoms with Gasteiger partial charge in [-0.25, -0.2) is 0 Å². The maximum atomic E-state index is 12.1. The maximum Gasteiger partial charge on any atom is 0.306 e. The summed E-state index contributed by atoms with van der Waals surface area (Å²) < 4.78 is 10.9. The first kappa shape index (κ1) is 43.5. The highest BCUT2D eigenvalue weighted by molar-refractivity contribution is 5.69. The highest BCUT2D eigenvalue weighted by Crippen LogP contribution is 2.03. The molecule has 0 rings (SSSR count). The van der Waals surface area contributed by atoms with Gasteiger partial charge in [-0.2, -0.15) is 0 Å². The Morgan fingerprint density at radius 1 is 0.489 bits per heavy atom. The van der Waals surface area contributed by atoms with Gasteiger partial charge in [0.2, 0.25) is 0 Å². The zero-order valence-electron chi connectivity index (χ0n) is 29.5. The Kier molecular flexibility index (Phi) is 35.9. The van der Waals surface area contributed by atoms with Crippen molar-refractivity contribution in [2.24, 2.45) is 0 Å². The maximum absolute atomic E-state index is 12.1. The van der Waals surface area contributed by atoms with E-state index in [9.17, 15) is 9.90 Å². The normalized spacial score (nSPS) is 14.0. The molecule has 0 radical (unpaired) electrons. The van der Waals surface area contributed by atoms with E-state index in [1.54, 1.807) is 0 Å². The molecule has 1 atom stereocenters. The summed E-state index contributed by atoms with van der Waals surface area (Å²) in [4.78, 5) is 12.1. The summed E-state index contributed by atoms with van der Waals surface area (Å²) in [5.74, 6) is -0.315. The Bertz CT molecular complexity index is 1030. The Morgan fingerprint density at radius 2 is 0.809 bits per heavy atom. The minimum absolute atomic E-state index is 0.201. The van der Waals surface area contributed by atoms with Crippen molar-refractivity contribution in [2.75, 3.05) is 19.8 Å². The van der Waals surface area contributed by atoms with Crippen molar-refractivity contribution in [1.82, 2.24) is 0 Å². The van der Waals surface area contributed by atoms with Crippen LogP contribution in [0, 0.1) is 0 Å². The molecule has 0 saturated carbocycles. The molecular formula is C43H64O4. The average Bonchev–Trinajstić information content (AvgIpc) is 3.08. The van der Waals surface area contributed by atoms with Gasteiger partial charge in [-0.05, 0) is 83.5 Å². The van der Waals surface area contributed by atoms with Crippen LogP contribution in [0.1, 0.15) is 104 Å². The first-order chi connectivity index (χ1) is 23.2. The van der Waals surface area contributed by atoms with Gasteiger partial charge in [0, 0.05) is 6.42 Å². The Labute approximate surface area is 288 Å². The highest BCUT2D eigenvalue weighted by Gasteiger charge is 2.13. The zero-order valence-corrected chi connectivity index (χ0v) is 29.5. The Balaban J connectivity index is 3.78. The number of hydrogen-bond acceptors (Lipinski definition) is 4. The molecule has 0 aromatic carbocycles. The fourth-order valence-electron chi connectivity index (χ4n) is 3.94. The Morgan fingerprint density at radius 3 is 1.15 bits per heavy atom. The molecule has 47 heavy (non-hydrogen) atoms. The first-order valence-corrected chi connectivity index (χ1v) is 17.8. The number of hydrogen-bond donors (Lipinski definition) is 1. The van der Waals surface area contributed by atoms with Crippen molar-refractivity contribution in [2.45, 2.75) is 110 Å². The molecule has 0 aromatic heterocycles. The molecule has 0 aromatic rings. The number of aliphatic hydroxyl groups excluding tert-OH is 1. The SMILES string of the molecule is CC/C=C\C/C=C\C/C=C\C/C=C\C/C=C\C/C=C\CCC(=O)OC(CO)COCC/C=C\C/C=C\C/C=C\C/C=C\C/C=C\CC. The van der Waals surface area contributed by atoms with Crippen molar-refractivity contribution >= 4 is 5.97 Å². The van der Waals surface area contributed by atoms with Crippen LogP contribution in [-0.4, -0.2) is 37.0 Å². The van der Waals surface area contributed by atoms with Crippen LogP contribution in [0.5, 0.6) is 0 Å². The molecule has 0 bridgehead atoms. The van der Waals surface area contributed by atoms with E-state index in [0.717, 1.165) is 77.0 Å². The average molecular weight is 645 g/mol. The van der Waals surface area contributed by atoms with E-state index in [1.165, 1.54) is 0 Å². The number of rotatable bonds is 30. The summed E-state index contributed by atoms with van der Waals surface area (Å²) in [7, 11) is 0. The summed E-state index contributed by atoms with van der Waals surface area (Å²) in [6, 6.07) is 0. The molecule has 0 aliphatic heterocycles. The van der Waals surface area contributed by atoms with Crippen LogP contribution < -0.4 is 0 Å². The molecule has 0 fully saturated rings. The molecule has 4 nitrogen and oxygen atoms in total. The second-order valence-corrected chi connectivity index (χ2v) is 10.8. The van der Waals surface area contributed by atoms with Crippen LogP contribution in [0.15, 0.2) is 134 Å². The van der Waals surface area contributed by atoms with Crippen LogP contribution >= 0.6 is 0 Å². The van der Waals surface area contributed by atoms with Gasteiger partial charge in [0.25, 0.3) is 0 Å². The molecule has 0 amide bonds. The predicted molar refractivity (Wildman–Crippen MR) is 204 cm³/mol. The summed E-state index contributed by atoms with van der Waals surface area (Å²) in [6.07, 6.45) is 59.5. The second kappa shape index (κ2) is 38.7. The standard InChI is InChI=1S/C43H64O4/c1-3-5-7-9-11-13-15-17-19-21-22-23-24-26-28-30-32-34-36-38-43(45)47-42(40-44)41-46-39-37-35-33-31-29-27-25-20-18-16-14-12-10-8-6-4-2/h5-8,11-14,17-20,22-23,26-29,32-35,42,44H,3-4,9-10,15-16,21,24-25,30-31,36-41H2,1-2H3/b7-5-,8-6-,13-11-,14-12-,19-17-,20-18-,23-22-,28-26-,29-27-,34-32-,35-33-. The van der Waals surface area contributed by atoms with Crippen LogP contribution in [0.25, 0.3) is 0 Å². The van der Waals surface area contributed by atoms with Crippen molar-refractivity contribution in [3.8, 4) is 0 Å². The number of carbonyl (C=O) groups excluding carboxylic acids is 1. The fraction of sp³-hybridized carbons (Fsp3) is 0.465. The quantitative estimate of drug-likeness (QED) is 0.0480. The molecule has 1 N–H and O–H groups in total. The van der Waals surface area contributed by atoms with Gasteiger partial charge >= 0.3 is 5.97 Å². The lowest BCUT2D eigenvalue weighted by molar-refractivity contribution is -0.154. The Hall–Kier alpha value is -3.47. The van der Waals surface area contributed by atoms with Gasteiger partial charge in [0.05, 0.1) is 19.8 Å². The number of aliphatic hydroxyl groups is 1. The van der Waals surface area contributed by atoms with Crippen molar-refractivity contribution < 1.29 is 19.4 Å². The van der Waals surface area contributed by atoms with E-state index in [-0.39, 0.29) is 19.2 Å². The van der Waals surface area contributed by atoms with Crippen LogP contribution in [0.2, 0.25) is 0 Å². The van der Waals surface area contributed by atoms with E-state index in [1.807, 2.05) is 6.08 Å². The van der Waals surface area contributed by atoms with Gasteiger partial charge in [0.1, 0.15) is 6.10 Å². The monoisotopic (exact) mass is 644 g/mol. The zero-order chi connectivity index (χ0) is 34.1. The third kappa shape index (κ3) is 36.9. The minimum Gasteiger partial charge on any atom is -0.457 e.